The molecule has 5 heteroatoms. The van der Waals surface area contributed by atoms with Crippen LogP contribution in [0.4, 0.5) is 4.79 Å². The first-order valence-electron chi connectivity index (χ1n) is 6.54. The lowest BCUT2D eigenvalue weighted by molar-refractivity contribution is 0.0938. The zero-order chi connectivity index (χ0) is 15.3. The molecule has 0 saturated heterocycles. The zero-order valence-corrected chi connectivity index (χ0v) is 12.4. The van der Waals surface area contributed by atoms with Gasteiger partial charge in [0.05, 0.1) is 6.04 Å². The molecule has 0 bridgehead atoms. The Bertz CT molecular complexity index is 475. The quantitative estimate of drug-likeness (QED) is 0.791. The van der Waals surface area contributed by atoms with Gasteiger partial charge in [0.25, 0.3) is 5.91 Å². The normalized spacial score (nSPS) is 12.6. The van der Waals surface area contributed by atoms with Crippen molar-refractivity contribution in [2.75, 3.05) is 6.54 Å². The third-order valence-corrected chi connectivity index (χ3v) is 3.12. The van der Waals surface area contributed by atoms with Crippen molar-refractivity contribution in [3.63, 3.8) is 0 Å². The highest BCUT2D eigenvalue weighted by Crippen LogP contribution is 2.18. The van der Waals surface area contributed by atoms with Crippen LogP contribution in [0.5, 0.6) is 0 Å². The molecule has 1 aromatic rings. The Morgan fingerprint density at radius 3 is 2.20 bits per heavy atom. The van der Waals surface area contributed by atoms with E-state index in [0.717, 1.165) is 5.56 Å². The van der Waals surface area contributed by atoms with E-state index in [0.29, 0.717) is 5.56 Å². The number of carboxylic acid groups (broad SMARTS) is 1. The van der Waals surface area contributed by atoms with Gasteiger partial charge in [0.1, 0.15) is 0 Å². The van der Waals surface area contributed by atoms with E-state index in [1.54, 1.807) is 12.1 Å². The van der Waals surface area contributed by atoms with Crippen LogP contribution >= 0.6 is 0 Å². The third-order valence-electron chi connectivity index (χ3n) is 3.12. The van der Waals surface area contributed by atoms with Crippen molar-refractivity contribution in [1.29, 1.82) is 0 Å². The van der Waals surface area contributed by atoms with Gasteiger partial charge in [0.2, 0.25) is 0 Å². The molecule has 0 aliphatic rings. The van der Waals surface area contributed by atoms with Gasteiger partial charge in [-0.15, -0.1) is 0 Å². The Kier molecular flexibility index (Phi) is 5.13. The molecule has 1 rings (SSSR count). The molecular weight excluding hydrogens is 256 g/mol. The molecule has 1 atom stereocenters. The van der Waals surface area contributed by atoms with Crippen molar-refractivity contribution in [3.8, 4) is 0 Å². The first-order chi connectivity index (χ1) is 9.20. The van der Waals surface area contributed by atoms with E-state index in [-0.39, 0.29) is 23.9 Å². The minimum absolute atomic E-state index is 0.202. The molecule has 0 aliphatic heterocycles. The van der Waals surface area contributed by atoms with Crippen LogP contribution in [0.2, 0.25) is 0 Å². The van der Waals surface area contributed by atoms with Gasteiger partial charge in [-0.2, -0.15) is 0 Å². The van der Waals surface area contributed by atoms with E-state index >= 15 is 0 Å². The van der Waals surface area contributed by atoms with Crippen LogP contribution < -0.4 is 10.6 Å². The zero-order valence-electron chi connectivity index (χ0n) is 12.4. The molecule has 0 aromatic heterocycles. The topological polar surface area (TPSA) is 78.4 Å². The second-order valence-corrected chi connectivity index (χ2v) is 5.94. The standard InChI is InChI=1S/C15H22N2O3/c1-10-5-7-11(8-6-10)13(18)16-9-12(15(2,3)4)17-14(19)20/h5-8,12,17H,9H2,1-4H3,(H,16,18)(H,19,20)/t12-/m1/s1. The van der Waals surface area contributed by atoms with E-state index in [4.69, 9.17) is 5.11 Å². The summed E-state index contributed by atoms with van der Waals surface area (Å²) in [6.45, 7) is 7.97. The second-order valence-electron chi connectivity index (χ2n) is 5.94. The minimum atomic E-state index is -1.09. The average Bonchev–Trinajstić information content (AvgIpc) is 2.33. The summed E-state index contributed by atoms with van der Waals surface area (Å²) in [5.74, 6) is -0.202. The molecule has 0 spiro atoms. The number of amides is 2. The molecule has 110 valence electrons. The Labute approximate surface area is 119 Å². The number of benzene rings is 1. The molecule has 1 aromatic carbocycles. The maximum atomic E-state index is 12.0. The van der Waals surface area contributed by atoms with Crippen LogP contribution in [0.1, 0.15) is 36.7 Å². The van der Waals surface area contributed by atoms with Crippen molar-refractivity contribution in [2.45, 2.75) is 33.7 Å². The Balaban J connectivity index is 2.65. The smallest absolute Gasteiger partial charge is 0.404 e. The van der Waals surface area contributed by atoms with Crippen molar-refractivity contribution in [3.05, 3.63) is 35.4 Å². The largest absolute Gasteiger partial charge is 0.465 e. The lowest BCUT2D eigenvalue weighted by atomic mass is 9.86. The van der Waals surface area contributed by atoms with Gasteiger partial charge in [0.15, 0.2) is 0 Å². The average molecular weight is 278 g/mol. The Morgan fingerprint density at radius 1 is 1.20 bits per heavy atom. The van der Waals surface area contributed by atoms with Crippen molar-refractivity contribution < 1.29 is 14.7 Å². The summed E-state index contributed by atoms with van der Waals surface area (Å²) >= 11 is 0. The molecule has 0 fully saturated rings. The van der Waals surface area contributed by atoms with Crippen LogP contribution in [0.15, 0.2) is 24.3 Å². The summed E-state index contributed by atoms with van der Waals surface area (Å²) in [5.41, 5.74) is 1.37. The molecule has 5 nitrogen and oxygen atoms in total. The van der Waals surface area contributed by atoms with E-state index < -0.39 is 6.09 Å². The van der Waals surface area contributed by atoms with Crippen molar-refractivity contribution in [1.82, 2.24) is 10.6 Å². The van der Waals surface area contributed by atoms with Crippen LogP contribution in [0, 0.1) is 12.3 Å². The predicted octanol–water partition coefficient (Wildman–Crippen LogP) is 2.41. The summed E-state index contributed by atoms with van der Waals surface area (Å²) in [7, 11) is 0. The highest BCUT2D eigenvalue weighted by molar-refractivity contribution is 5.94. The molecule has 0 unspecified atom stereocenters. The van der Waals surface area contributed by atoms with Gasteiger partial charge in [0, 0.05) is 12.1 Å². The van der Waals surface area contributed by atoms with Crippen molar-refractivity contribution >= 4 is 12.0 Å². The summed E-state index contributed by atoms with van der Waals surface area (Å²) in [5, 5.41) is 14.0. The van der Waals surface area contributed by atoms with Gasteiger partial charge < -0.3 is 15.7 Å². The van der Waals surface area contributed by atoms with E-state index in [1.807, 2.05) is 39.8 Å². The van der Waals surface area contributed by atoms with Gasteiger partial charge in [-0.3, -0.25) is 4.79 Å². The molecule has 0 heterocycles. The first kappa shape index (κ1) is 16.0. The van der Waals surface area contributed by atoms with Gasteiger partial charge in [-0.05, 0) is 24.5 Å². The highest BCUT2D eigenvalue weighted by atomic mass is 16.4. The number of rotatable bonds is 4. The molecule has 20 heavy (non-hydrogen) atoms. The number of aryl methyl sites for hydroxylation is 1. The number of hydrogen-bond acceptors (Lipinski definition) is 2. The Morgan fingerprint density at radius 2 is 1.75 bits per heavy atom. The summed E-state index contributed by atoms with van der Waals surface area (Å²) in [4.78, 5) is 22.8. The van der Waals surface area contributed by atoms with Crippen LogP contribution in [-0.4, -0.2) is 29.7 Å². The van der Waals surface area contributed by atoms with E-state index in [9.17, 15) is 9.59 Å². The van der Waals surface area contributed by atoms with E-state index in [2.05, 4.69) is 10.6 Å². The number of carbonyl (C=O) groups excluding carboxylic acids is 1. The lowest BCUT2D eigenvalue weighted by Gasteiger charge is -2.30. The maximum Gasteiger partial charge on any atom is 0.404 e. The predicted molar refractivity (Wildman–Crippen MR) is 77.9 cm³/mol. The second kappa shape index (κ2) is 6.41. The molecule has 0 radical (unpaired) electrons. The first-order valence-corrected chi connectivity index (χ1v) is 6.54. The molecule has 0 saturated carbocycles. The van der Waals surface area contributed by atoms with Gasteiger partial charge in [-0.1, -0.05) is 38.5 Å². The number of nitrogens with one attached hydrogen (secondary N) is 2. The molecule has 2 amide bonds. The molecule has 3 N–H and O–H groups in total. The third kappa shape index (κ3) is 4.91. The maximum absolute atomic E-state index is 12.0. The highest BCUT2D eigenvalue weighted by Gasteiger charge is 2.26. The molecular formula is C15H22N2O3. The lowest BCUT2D eigenvalue weighted by Crippen LogP contribution is -2.50. The van der Waals surface area contributed by atoms with Crippen LogP contribution in [0.3, 0.4) is 0 Å². The van der Waals surface area contributed by atoms with Crippen LogP contribution in [-0.2, 0) is 0 Å². The summed E-state index contributed by atoms with van der Waals surface area (Å²) in [6.07, 6.45) is -1.09. The molecule has 0 aliphatic carbocycles. The minimum Gasteiger partial charge on any atom is -0.465 e. The van der Waals surface area contributed by atoms with Gasteiger partial charge >= 0.3 is 6.09 Å². The number of carbonyl (C=O) groups is 2. The number of hydrogen-bond donors (Lipinski definition) is 3. The fourth-order valence-electron chi connectivity index (χ4n) is 1.72. The monoisotopic (exact) mass is 278 g/mol. The fraction of sp³-hybridized carbons (Fsp3) is 0.467. The fourth-order valence-corrected chi connectivity index (χ4v) is 1.72. The SMILES string of the molecule is Cc1ccc(C(=O)NC[C@@H](NC(=O)O)C(C)(C)C)cc1. The van der Waals surface area contributed by atoms with Crippen molar-refractivity contribution in [2.24, 2.45) is 5.41 Å². The van der Waals surface area contributed by atoms with Gasteiger partial charge in [-0.25, -0.2) is 4.79 Å². The summed E-state index contributed by atoms with van der Waals surface area (Å²) < 4.78 is 0. The summed E-state index contributed by atoms with van der Waals surface area (Å²) in [6, 6.07) is 6.88. The Hall–Kier alpha value is -2.04. The van der Waals surface area contributed by atoms with E-state index in [1.165, 1.54) is 0 Å². The van der Waals surface area contributed by atoms with Crippen LogP contribution in [0.25, 0.3) is 0 Å².